The van der Waals surface area contributed by atoms with E-state index in [9.17, 15) is 4.79 Å². The van der Waals surface area contributed by atoms with E-state index in [1.807, 2.05) is 13.1 Å². The fraction of sp³-hybridized carbons (Fsp3) is 0.500. The van der Waals surface area contributed by atoms with Crippen LogP contribution in [0.2, 0.25) is 0 Å². The van der Waals surface area contributed by atoms with Crippen LogP contribution in [0, 0.1) is 6.92 Å². The molecule has 0 N–H and O–H groups in total. The van der Waals surface area contributed by atoms with Crippen LogP contribution in [-0.4, -0.2) is 23.9 Å². The predicted octanol–water partition coefficient (Wildman–Crippen LogP) is 2.97. The summed E-state index contributed by atoms with van der Waals surface area (Å²) in [6, 6.07) is 8.58. The van der Waals surface area contributed by atoms with Crippen molar-refractivity contribution in [3.05, 3.63) is 35.4 Å². The molecule has 2 nitrogen and oxygen atoms in total. The van der Waals surface area contributed by atoms with Gasteiger partial charge < -0.3 is 4.90 Å². The maximum atomic E-state index is 11.3. The Kier molecular flexibility index (Phi) is 4.11. The molecular weight excluding hydrogens is 198 g/mol. The van der Waals surface area contributed by atoms with E-state index in [1.54, 1.807) is 11.8 Å². The molecule has 0 spiro atoms. The number of rotatable bonds is 3. The average molecular weight is 219 g/mol. The fourth-order valence-corrected chi connectivity index (χ4v) is 1.98. The van der Waals surface area contributed by atoms with Gasteiger partial charge in [0.1, 0.15) is 0 Å². The summed E-state index contributed by atoms with van der Waals surface area (Å²) in [5.41, 5.74) is 2.61. The van der Waals surface area contributed by atoms with E-state index in [4.69, 9.17) is 0 Å². The lowest BCUT2D eigenvalue weighted by molar-refractivity contribution is -0.129. The van der Waals surface area contributed by atoms with Gasteiger partial charge in [-0.3, -0.25) is 4.79 Å². The van der Waals surface area contributed by atoms with Gasteiger partial charge in [-0.2, -0.15) is 0 Å². The summed E-state index contributed by atoms with van der Waals surface area (Å²) in [7, 11) is 1.86. The van der Waals surface area contributed by atoms with Crippen LogP contribution in [0.1, 0.15) is 37.8 Å². The summed E-state index contributed by atoms with van der Waals surface area (Å²) in [5.74, 6) is 0.475. The number of likely N-dealkylation sites (N-methyl/N-ethyl adjacent to an activating group) is 1. The van der Waals surface area contributed by atoms with Crippen molar-refractivity contribution < 1.29 is 4.79 Å². The van der Waals surface area contributed by atoms with Crippen LogP contribution in [-0.2, 0) is 4.79 Å². The van der Waals surface area contributed by atoms with Gasteiger partial charge in [0.15, 0.2) is 0 Å². The molecule has 0 saturated carbocycles. The van der Waals surface area contributed by atoms with E-state index in [2.05, 4.69) is 39.0 Å². The van der Waals surface area contributed by atoms with Gasteiger partial charge in [0.05, 0.1) is 0 Å². The van der Waals surface area contributed by atoms with E-state index in [0.717, 1.165) is 0 Å². The Labute approximate surface area is 98.3 Å². The third kappa shape index (κ3) is 2.63. The molecule has 2 heteroatoms. The molecule has 2 unspecified atom stereocenters. The standard InChI is InChI=1S/C14H21NO/c1-10-8-6-7-9-14(10)11(2)12(3)15(5)13(4)16/h6-9,11-12H,1-5H3. The molecule has 2 atom stereocenters. The van der Waals surface area contributed by atoms with Gasteiger partial charge in [-0.15, -0.1) is 0 Å². The monoisotopic (exact) mass is 219 g/mol. The average Bonchev–Trinajstić information content (AvgIpc) is 2.26. The minimum atomic E-state index is 0.118. The minimum absolute atomic E-state index is 0.118. The van der Waals surface area contributed by atoms with Gasteiger partial charge in [-0.25, -0.2) is 0 Å². The van der Waals surface area contributed by atoms with Crippen molar-refractivity contribution in [3.63, 3.8) is 0 Å². The molecule has 88 valence electrons. The zero-order valence-electron chi connectivity index (χ0n) is 10.8. The van der Waals surface area contributed by atoms with Crippen LogP contribution < -0.4 is 0 Å². The Bertz CT molecular complexity index is 373. The van der Waals surface area contributed by atoms with Crippen molar-refractivity contribution in [2.24, 2.45) is 0 Å². The third-order valence-corrected chi connectivity index (χ3v) is 3.51. The molecular formula is C14H21NO. The molecule has 0 bridgehead atoms. The smallest absolute Gasteiger partial charge is 0.219 e. The van der Waals surface area contributed by atoms with Crippen LogP contribution in [0.25, 0.3) is 0 Å². The zero-order chi connectivity index (χ0) is 12.3. The normalized spacial score (nSPS) is 14.3. The SMILES string of the molecule is CC(=O)N(C)C(C)C(C)c1ccccc1C. The number of benzene rings is 1. The highest BCUT2D eigenvalue weighted by molar-refractivity contribution is 5.73. The van der Waals surface area contributed by atoms with Crippen LogP contribution in [0.5, 0.6) is 0 Å². The van der Waals surface area contributed by atoms with Gasteiger partial charge in [-0.1, -0.05) is 31.2 Å². The van der Waals surface area contributed by atoms with Crippen molar-refractivity contribution in [3.8, 4) is 0 Å². The second kappa shape index (κ2) is 5.15. The van der Waals surface area contributed by atoms with Gasteiger partial charge in [0.2, 0.25) is 5.91 Å². The van der Waals surface area contributed by atoms with E-state index >= 15 is 0 Å². The van der Waals surface area contributed by atoms with Crippen LogP contribution >= 0.6 is 0 Å². The topological polar surface area (TPSA) is 20.3 Å². The Morgan fingerprint density at radius 3 is 2.31 bits per heavy atom. The molecule has 0 aromatic heterocycles. The van der Waals surface area contributed by atoms with Gasteiger partial charge in [0, 0.05) is 25.9 Å². The second-order valence-electron chi connectivity index (χ2n) is 4.52. The summed E-state index contributed by atoms with van der Waals surface area (Å²) in [6.45, 7) is 8.00. The molecule has 0 fully saturated rings. The first-order valence-electron chi connectivity index (χ1n) is 5.74. The lowest BCUT2D eigenvalue weighted by Gasteiger charge is -2.30. The van der Waals surface area contributed by atoms with Crippen LogP contribution in [0.15, 0.2) is 24.3 Å². The van der Waals surface area contributed by atoms with Crippen molar-refractivity contribution in [1.82, 2.24) is 4.90 Å². The molecule has 0 aliphatic carbocycles. The van der Waals surface area contributed by atoms with Gasteiger partial charge >= 0.3 is 0 Å². The highest BCUT2D eigenvalue weighted by Crippen LogP contribution is 2.24. The Morgan fingerprint density at radius 1 is 1.25 bits per heavy atom. The molecule has 1 rings (SSSR count). The first-order valence-corrected chi connectivity index (χ1v) is 5.74. The lowest BCUT2D eigenvalue weighted by atomic mass is 9.90. The Balaban J connectivity index is 2.90. The summed E-state index contributed by atoms with van der Waals surface area (Å²) >= 11 is 0. The van der Waals surface area contributed by atoms with E-state index in [-0.39, 0.29) is 11.9 Å². The maximum absolute atomic E-state index is 11.3. The highest BCUT2D eigenvalue weighted by atomic mass is 16.2. The van der Waals surface area contributed by atoms with E-state index in [1.165, 1.54) is 11.1 Å². The number of nitrogens with zero attached hydrogens (tertiary/aromatic N) is 1. The van der Waals surface area contributed by atoms with Gasteiger partial charge in [0.25, 0.3) is 0 Å². The highest BCUT2D eigenvalue weighted by Gasteiger charge is 2.21. The van der Waals surface area contributed by atoms with Crippen LogP contribution in [0.4, 0.5) is 0 Å². The first kappa shape index (κ1) is 12.8. The van der Waals surface area contributed by atoms with Gasteiger partial charge in [-0.05, 0) is 25.0 Å². The zero-order valence-corrected chi connectivity index (χ0v) is 10.8. The maximum Gasteiger partial charge on any atom is 0.219 e. The molecule has 16 heavy (non-hydrogen) atoms. The van der Waals surface area contributed by atoms with E-state index < -0.39 is 0 Å². The number of amides is 1. The fourth-order valence-electron chi connectivity index (χ4n) is 1.98. The van der Waals surface area contributed by atoms with Crippen molar-refractivity contribution >= 4 is 5.91 Å². The van der Waals surface area contributed by atoms with Crippen LogP contribution in [0.3, 0.4) is 0 Å². The molecule has 0 radical (unpaired) electrons. The summed E-state index contributed by atoms with van der Waals surface area (Å²) in [4.78, 5) is 13.1. The summed E-state index contributed by atoms with van der Waals surface area (Å²) in [6.07, 6.45) is 0. The first-order chi connectivity index (χ1) is 7.45. The molecule has 0 heterocycles. The third-order valence-electron chi connectivity index (χ3n) is 3.51. The number of aryl methyl sites for hydroxylation is 1. The largest absolute Gasteiger partial charge is 0.343 e. The Hall–Kier alpha value is -1.31. The quantitative estimate of drug-likeness (QED) is 0.765. The summed E-state index contributed by atoms with van der Waals surface area (Å²) < 4.78 is 0. The molecule has 0 aliphatic heterocycles. The van der Waals surface area contributed by atoms with Crippen molar-refractivity contribution in [2.45, 2.75) is 39.7 Å². The number of carbonyl (C=O) groups is 1. The second-order valence-corrected chi connectivity index (χ2v) is 4.52. The molecule has 1 aromatic carbocycles. The number of carbonyl (C=O) groups excluding carboxylic acids is 1. The van der Waals surface area contributed by atoms with E-state index in [0.29, 0.717) is 5.92 Å². The molecule has 1 aromatic rings. The lowest BCUT2D eigenvalue weighted by Crippen LogP contribution is -2.36. The molecule has 0 saturated heterocycles. The predicted molar refractivity (Wildman–Crippen MR) is 67.5 cm³/mol. The van der Waals surface area contributed by atoms with Crippen molar-refractivity contribution in [2.75, 3.05) is 7.05 Å². The van der Waals surface area contributed by atoms with Crippen molar-refractivity contribution in [1.29, 1.82) is 0 Å². The Morgan fingerprint density at radius 2 is 1.81 bits per heavy atom. The molecule has 0 aliphatic rings. The number of hydrogen-bond donors (Lipinski definition) is 0. The molecule has 1 amide bonds. The number of hydrogen-bond acceptors (Lipinski definition) is 1. The minimum Gasteiger partial charge on any atom is -0.343 e. The summed E-state index contributed by atoms with van der Waals surface area (Å²) in [5, 5.41) is 0.